The predicted octanol–water partition coefficient (Wildman–Crippen LogP) is 5.05. The number of carbonyl (C=O) groups excluding carboxylic acids is 1. The summed E-state index contributed by atoms with van der Waals surface area (Å²) in [6.45, 7) is 6.04. The molecule has 2 aromatic carbocycles. The second kappa shape index (κ2) is 6.25. The van der Waals surface area contributed by atoms with Gasteiger partial charge in [0.15, 0.2) is 0 Å². The van der Waals surface area contributed by atoms with Gasteiger partial charge in [0.1, 0.15) is 5.78 Å². The fraction of sp³-hybridized carbons (Fsp3) is 0.423. The number of Topliss-reactive ketones (excluding diaryl/α,β-unsaturated/α-hetero) is 1. The van der Waals surface area contributed by atoms with Crippen LogP contribution in [0.1, 0.15) is 44.7 Å². The molecular weight excluding hydrogens is 376 g/mol. The summed E-state index contributed by atoms with van der Waals surface area (Å²) in [4.78, 5) is 12.9. The van der Waals surface area contributed by atoms with Crippen molar-refractivity contribution in [3.63, 3.8) is 0 Å². The van der Waals surface area contributed by atoms with Gasteiger partial charge in [-0.25, -0.2) is 0 Å². The fourth-order valence-corrected chi connectivity index (χ4v) is 9.62. The number of hydrogen-bond acceptors (Lipinski definition) is 2. The van der Waals surface area contributed by atoms with Crippen LogP contribution in [0.2, 0.25) is 0 Å². The highest BCUT2D eigenvalue weighted by molar-refractivity contribution is 7.89. The Hall–Kier alpha value is -2.00. The minimum Gasteiger partial charge on any atom is -0.300 e. The van der Waals surface area contributed by atoms with E-state index in [1.165, 1.54) is 22.3 Å². The maximum atomic E-state index is 14.1. The van der Waals surface area contributed by atoms with Crippen LogP contribution < -0.4 is 0 Å². The van der Waals surface area contributed by atoms with Gasteiger partial charge >= 0.3 is 0 Å². The van der Waals surface area contributed by atoms with E-state index in [0.717, 1.165) is 25.7 Å². The lowest BCUT2D eigenvalue weighted by Crippen LogP contribution is -2.46. The van der Waals surface area contributed by atoms with Gasteiger partial charge in [-0.2, -0.15) is 0 Å². The lowest BCUT2D eigenvalue weighted by molar-refractivity contribution is -0.123. The summed E-state index contributed by atoms with van der Waals surface area (Å²) in [5.41, 5.74) is 4.98. The van der Waals surface area contributed by atoms with Crippen molar-refractivity contribution >= 4 is 16.6 Å². The van der Waals surface area contributed by atoms with Crippen LogP contribution >= 0.6 is 0 Å². The molecule has 5 rings (SSSR count). The molecule has 2 fully saturated rings. The van der Waals surface area contributed by atoms with Gasteiger partial charge in [-0.15, -0.1) is 0 Å². The van der Waals surface area contributed by atoms with Gasteiger partial charge in [-0.05, 0) is 68.7 Å². The molecule has 3 aliphatic rings. The lowest BCUT2D eigenvalue weighted by Gasteiger charge is -2.41. The van der Waals surface area contributed by atoms with Crippen molar-refractivity contribution in [1.82, 2.24) is 0 Å². The molecule has 4 atom stereocenters. The Morgan fingerprint density at radius 3 is 1.83 bits per heavy atom. The summed E-state index contributed by atoms with van der Waals surface area (Å²) in [6, 6.07) is 21.0. The van der Waals surface area contributed by atoms with E-state index < -0.39 is 20.3 Å². The lowest BCUT2D eigenvalue weighted by atomic mass is 9.59. The molecule has 1 saturated heterocycles. The first-order valence-electron chi connectivity index (χ1n) is 10.6. The van der Waals surface area contributed by atoms with Gasteiger partial charge < -0.3 is 0 Å². The van der Waals surface area contributed by atoms with Gasteiger partial charge in [0.2, 0.25) is 0 Å². The Balaban J connectivity index is 1.72. The number of ketones is 1. The second-order valence-electron chi connectivity index (χ2n) is 9.39. The van der Waals surface area contributed by atoms with E-state index >= 15 is 0 Å². The monoisotopic (exact) mass is 404 g/mol. The molecule has 2 nitrogen and oxygen atoms in total. The molecule has 0 N–H and O–H groups in total. The van der Waals surface area contributed by atoms with E-state index in [-0.39, 0.29) is 17.1 Å². The highest BCUT2D eigenvalue weighted by atomic mass is 32.2. The number of fused-ring (bicyclic) bond motifs is 3. The third kappa shape index (κ3) is 2.34. The number of benzene rings is 2. The third-order valence-corrected chi connectivity index (χ3v) is 10.6. The quantitative estimate of drug-likeness (QED) is 0.654. The van der Waals surface area contributed by atoms with Crippen molar-refractivity contribution < 1.29 is 9.00 Å². The molecule has 3 unspecified atom stereocenters. The van der Waals surface area contributed by atoms with Crippen LogP contribution in [0.5, 0.6) is 0 Å². The van der Waals surface area contributed by atoms with Gasteiger partial charge in [0.05, 0.1) is 9.49 Å². The van der Waals surface area contributed by atoms with Crippen LogP contribution in [-0.2, 0) is 28.4 Å². The highest BCUT2D eigenvalue weighted by Gasteiger charge is 2.81. The van der Waals surface area contributed by atoms with Crippen LogP contribution in [0, 0.1) is 11.3 Å². The molecule has 2 aliphatic heterocycles. The standard InChI is InChI=1S/C26H28O2S/c1-18(27)23-24(2)21(16-19-10-6-4-7-11-19)22(17-20-12-8-5-9-13-20)25(3,29(24)28)26(23)14-15-26/h4-13,23H,14-17H2,1-3H3/t23?,24?,25-,29?/m1/s1. The van der Waals surface area contributed by atoms with Crippen molar-refractivity contribution in [3.8, 4) is 0 Å². The predicted molar refractivity (Wildman–Crippen MR) is 118 cm³/mol. The summed E-state index contributed by atoms with van der Waals surface area (Å²) in [5, 5.41) is 0. The minimum absolute atomic E-state index is 0.108. The summed E-state index contributed by atoms with van der Waals surface area (Å²) < 4.78 is 13.1. The Morgan fingerprint density at radius 2 is 1.38 bits per heavy atom. The fourth-order valence-electron chi connectivity index (χ4n) is 6.64. The van der Waals surface area contributed by atoms with Crippen molar-refractivity contribution in [1.29, 1.82) is 0 Å². The molecule has 1 aliphatic carbocycles. The molecule has 150 valence electrons. The zero-order chi connectivity index (χ0) is 20.4. The Kier molecular flexibility index (Phi) is 4.09. The molecule has 0 amide bonds. The first kappa shape index (κ1) is 19.0. The van der Waals surface area contributed by atoms with E-state index in [4.69, 9.17) is 0 Å². The SMILES string of the molecule is CC(=O)C1C2(C)C(Cc3ccccc3)=C(Cc3ccccc3)[C@@](C)(S2=O)C12CC2. The first-order chi connectivity index (χ1) is 13.9. The van der Waals surface area contributed by atoms with Crippen LogP contribution in [0.3, 0.4) is 0 Å². The number of carbonyl (C=O) groups is 1. The van der Waals surface area contributed by atoms with Crippen LogP contribution in [0.25, 0.3) is 0 Å². The molecule has 29 heavy (non-hydrogen) atoms. The maximum absolute atomic E-state index is 14.1. The number of rotatable bonds is 5. The zero-order valence-corrected chi connectivity index (χ0v) is 18.2. The molecule has 0 radical (unpaired) electrons. The minimum atomic E-state index is -1.09. The smallest absolute Gasteiger partial charge is 0.135 e. The third-order valence-electron chi connectivity index (χ3n) is 7.99. The molecule has 1 spiro atoms. The van der Waals surface area contributed by atoms with Gasteiger partial charge in [-0.1, -0.05) is 60.7 Å². The Bertz CT molecular complexity index is 1030. The van der Waals surface area contributed by atoms with Crippen LogP contribution in [-0.4, -0.2) is 19.5 Å². The van der Waals surface area contributed by atoms with Gasteiger partial charge in [-0.3, -0.25) is 9.00 Å². The van der Waals surface area contributed by atoms with Gasteiger partial charge in [0.25, 0.3) is 0 Å². The zero-order valence-electron chi connectivity index (χ0n) is 17.4. The normalized spacial score (nSPS) is 34.0. The van der Waals surface area contributed by atoms with Crippen molar-refractivity contribution in [3.05, 3.63) is 82.9 Å². The molecule has 1 saturated carbocycles. The topological polar surface area (TPSA) is 34.1 Å². The molecule has 2 aromatic rings. The van der Waals surface area contributed by atoms with E-state index in [1.54, 1.807) is 6.92 Å². The van der Waals surface area contributed by atoms with Crippen molar-refractivity contribution in [2.45, 2.75) is 55.9 Å². The summed E-state index contributed by atoms with van der Waals surface area (Å²) in [5.74, 6) is 0.0884. The average molecular weight is 405 g/mol. The largest absolute Gasteiger partial charge is 0.300 e. The second-order valence-corrected chi connectivity index (χ2v) is 11.6. The summed E-state index contributed by atoms with van der Waals surface area (Å²) in [6.07, 6.45) is 3.64. The van der Waals surface area contributed by atoms with Crippen molar-refractivity contribution in [2.24, 2.45) is 11.3 Å². The van der Waals surface area contributed by atoms with E-state index in [1.807, 2.05) is 12.1 Å². The van der Waals surface area contributed by atoms with Crippen molar-refractivity contribution in [2.75, 3.05) is 0 Å². The molecule has 2 bridgehead atoms. The van der Waals surface area contributed by atoms with Crippen LogP contribution in [0.15, 0.2) is 71.8 Å². The Morgan fingerprint density at radius 1 is 0.897 bits per heavy atom. The summed E-state index contributed by atoms with van der Waals surface area (Å²) in [7, 11) is -1.09. The molecule has 3 heteroatoms. The van der Waals surface area contributed by atoms with E-state index in [2.05, 4.69) is 62.4 Å². The first-order valence-corrected chi connectivity index (χ1v) is 11.7. The van der Waals surface area contributed by atoms with Crippen LogP contribution in [0.4, 0.5) is 0 Å². The van der Waals surface area contributed by atoms with Gasteiger partial charge in [0, 0.05) is 22.1 Å². The maximum Gasteiger partial charge on any atom is 0.135 e. The molecule has 0 aromatic heterocycles. The van der Waals surface area contributed by atoms with E-state index in [9.17, 15) is 9.00 Å². The highest BCUT2D eigenvalue weighted by Crippen LogP contribution is 2.77. The number of hydrogen-bond donors (Lipinski definition) is 0. The Labute approximate surface area is 175 Å². The van der Waals surface area contributed by atoms with E-state index in [0.29, 0.717) is 0 Å². The summed E-state index contributed by atoms with van der Waals surface area (Å²) >= 11 is 0. The molecule has 2 heterocycles. The molecular formula is C26H28O2S. The average Bonchev–Trinajstić information content (AvgIpc) is 3.46.